The first-order valence-corrected chi connectivity index (χ1v) is 5.28. The number of aliphatic carboxylic acids is 1. The average molecular weight is 295 g/mol. The molecule has 1 unspecified atom stereocenters. The Labute approximate surface area is 111 Å². The lowest BCUT2D eigenvalue weighted by Crippen LogP contribution is -2.45. The van der Waals surface area contributed by atoms with Crippen LogP contribution in [0.4, 0.5) is 19.3 Å². The van der Waals surface area contributed by atoms with E-state index in [0.29, 0.717) is 6.07 Å². The smallest absolute Gasteiger partial charge is 0.328 e. The predicted molar refractivity (Wildman–Crippen MR) is 62.0 cm³/mol. The van der Waals surface area contributed by atoms with Gasteiger partial charge in [0.15, 0.2) is 11.9 Å². The minimum Gasteiger partial charge on any atom is -0.480 e. The molecule has 0 heterocycles. The standard InChI is InChI=1S/C10H9ClF2N2O4/c11-5-1-4(12)2-6(13)8(5)15-10(19)14-7(3-16)9(17)18/h1-2,7,16H,3H2,(H,17,18)(H2,14,15,19). The summed E-state index contributed by atoms with van der Waals surface area (Å²) < 4.78 is 26.1. The molecule has 19 heavy (non-hydrogen) atoms. The molecule has 0 saturated heterocycles. The Morgan fingerprint density at radius 3 is 2.47 bits per heavy atom. The van der Waals surface area contributed by atoms with Gasteiger partial charge in [-0.25, -0.2) is 18.4 Å². The Balaban J connectivity index is 2.80. The minimum atomic E-state index is -1.55. The van der Waals surface area contributed by atoms with Crippen molar-refractivity contribution in [2.24, 2.45) is 0 Å². The van der Waals surface area contributed by atoms with Crippen molar-refractivity contribution in [2.45, 2.75) is 6.04 Å². The molecule has 6 nitrogen and oxygen atoms in total. The van der Waals surface area contributed by atoms with Gasteiger partial charge in [-0.3, -0.25) is 0 Å². The maximum Gasteiger partial charge on any atom is 0.328 e. The van der Waals surface area contributed by atoms with E-state index in [1.54, 1.807) is 0 Å². The Morgan fingerprint density at radius 1 is 1.37 bits per heavy atom. The van der Waals surface area contributed by atoms with E-state index in [4.69, 9.17) is 21.8 Å². The van der Waals surface area contributed by atoms with Crippen LogP contribution in [0.3, 0.4) is 0 Å². The van der Waals surface area contributed by atoms with Crippen molar-refractivity contribution in [1.82, 2.24) is 5.32 Å². The number of nitrogens with one attached hydrogen (secondary N) is 2. The summed E-state index contributed by atoms with van der Waals surface area (Å²) in [4.78, 5) is 21.9. The molecule has 1 atom stereocenters. The number of carbonyl (C=O) groups is 2. The number of halogens is 3. The molecule has 0 radical (unpaired) electrons. The van der Waals surface area contributed by atoms with Gasteiger partial charge in [-0.1, -0.05) is 11.6 Å². The van der Waals surface area contributed by atoms with Crippen LogP contribution < -0.4 is 10.6 Å². The van der Waals surface area contributed by atoms with Crippen LogP contribution in [0.25, 0.3) is 0 Å². The van der Waals surface area contributed by atoms with Crippen LogP contribution in [0.5, 0.6) is 0 Å². The summed E-state index contributed by atoms with van der Waals surface area (Å²) in [5.41, 5.74) is -0.498. The second-order valence-corrected chi connectivity index (χ2v) is 3.82. The number of carboxylic acid groups (broad SMARTS) is 1. The quantitative estimate of drug-likeness (QED) is 0.670. The van der Waals surface area contributed by atoms with Gasteiger partial charge in [0, 0.05) is 6.07 Å². The zero-order chi connectivity index (χ0) is 14.6. The molecule has 0 aromatic heterocycles. The second-order valence-electron chi connectivity index (χ2n) is 3.42. The SMILES string of the molecule is O=C(Nc1c(F)cc(F)cc1Cl)NC(CO)C(=O)O. The second kappa shape index (κ2) is 6.30. The lowest BCUT2D eigenvalue weighted by molar-refractivity contribution is -0.140. The third kappa shape index (κ3) is 4.04. The van der Waals surface area contributed by atoms with Gasteiger partial charge in [0.1, 0.15) is 5.82 Å². The monoisotopic (exact) mass is 294 g/mol. The molecule has 0 aliphatic rings. The number of amides is 2. The molecule has 0 bridgehead atoms. The highest BCUT2D eigenvalue weighted by molar-refractivity contribution is 6.33. The van der Waals surface area contributed by atoms with Gasteiger partial charge >= 0.3 is 12.0 Å². The van der Waals surface area contributed by atoms with E-state index in [9.17, 15) is 18.4 Å². The number of carboxylic acids is 1. The largest absolute Gasteiger partial charge is 0.480 e. The zero-order valence-electron chi connectivity index (χ0n) is 9.28. The van der Waals surface area contributed by atoms with E-state index in [-0.39, 0.29) is 5.02 Å². The van der Waals surface area contributed by atoms with Crippen molar-refractivity contribution in [3.63, 3.8) is 0 Å². The summed E-state index contributed by atoms with van der Waals surface area (Å²) >= 11 is 5.52. The van der Waals surface area contributed by atoms with Crippen molar-refractivity contribution >= 4 is 29.3 Å². The molecule has 104 valence electrons. The number of benzene rings is 1. The van der Waals surface area contributed by atoms with Crippen LogP contribution in [0.15, 0.2) is 12.1 Å². The first-order valence-electron chi connectivity index (χ1n) is 4.91. The molecule has 0 spiro atoms. The minimum absolute atomic E-state index is 0.386. The number of hydrogen-bond donors (Lipinski definition) is 4. The first-order chi connectivity index (χ1) is 8.85. The van der Waals surface area contributed by atoms with E-state index < -0.39 is 42.0 Å². The lowest BCUT2D eigenvalue weighted by Gasteiger charge is -2.13. The van der Waals surface area contributed by atoms with E-state index in [1.165, 1.54) is 0 Å². The van der Waals surface area contributed by atoms with Crippen LogP contribution in [0.1, 0.15) is 0 Å². The van der Waals surface area contributed by atoms with Gasteiger partial charge in [0.05, 0.1) is 17.3 Å². The summed E-state index contributed by atoms with van der Waals surface area (Å²) in [6, 6.07) is -1.38. The van der Waals surface area contributed by atoms with Crippen molar-refractivity contribution in [3.05, 3.63) is 28.8 Å². The average Bonchev–Trinajstić information content (AvgIpc) is 2.30. The van der Waals surface area contributed by atoms with Crippen molar-refractivity contribution < 1.29 is 28.6 Å². The molecular weight excluding hydrogens is 286 g/mol. The maximum absolute atomic E-state index is 13.3. The van der Waals surface area contributed by atoms with E-state index in [0.717, 1.165) is 6.07 Å². The van der Waals surface area contributed by atoms with E-state index in [1.807, 2.05) is 10.6 Å². The van der Waals surface area contributed by atoms with Crippen LogP contribution >= 0.6 is 11.6 Å². The van der Waals surface area contributed by atoms with Gasteiger partial charge < -0.3 is 20.8 Å². The molecule has 0 fully saturated rings. The number of anilines is 1. The van der Waals surface area contributed by atoms with Crippen LogP contribution in [0, 0.1) is 11.6 Å². The summed E-state index contributed by atoms with van der Waals surface area (Å²) in [7, 11) is 0. The normalized spacial score (nSPS) is 11.8. The van der Waals surface area contributed by atoms with E-state index >= 15 is 0 Å². The van der Waals surface area contributed by atoms with Crippen LogP contribution in [0.2, 0.25) is 5.02 Å². The highest BCUT2D eigenvalue weighted by Crippen LogP contribution is 2.26. The third-order valence-corrected chi connectivity index (χ3v) is 2.33. The fraction of sp³-hybridized carbons (Fsp3) is 0.200. The molecule has 0 saturated carbocycles. The third-order valence-electron chi connectivity index (χ3n) is 2.03. The fourth-order valence-electron chi connectivity index (χ4n) is 1.15. The Kier molecular flexibility index (Phi) is 5.02. The molecule has 2 amide bonds. The Hall–Kier alpha value is -1.93. The highest BCUT2D eigenvalue weighted by atomic mass is 35.5. The summed E-state index contributed by atoms with van der Waals surface area (Å²) in [5.74, 6) is -3.51. The number of aliphatic hydroxyl groups is 1. The first kappa shape index (κ1) is 15.1. The van der Waals surface area contributed by atoms with Gasteiger partial charge in [-0.15, -0.1) is 0 Å². The summed E-state index contributed by atoms with van der Waals surface area (Å²) in [5, 5.41) is 20.7. The molecule has 0 aliphatic carbocycles. The lowest BCUT2D eigenvalue weighted by atomic mass is 10.3. The fourth-order valence-corrected chi connectivity index (χ4v) is 1.40. The topological polar surface area (TPSA) is 98.7 Å². The van der Waals surface area contributed by atoms with Gasteiger partial charge in [0.25, 0.3) is 0 Å². The van der Waals surface area contributed by atoms with Crippen LogP contribution in [-0.2, 0) is 4.79 Å². The number of rotatable bonds is 4. The summed E-state index contributed by atoms with van der Waals surface area (Å²) in [6.45, 7) is -0.845. The van der Waals surface area contributed by atoms with Gasteiger partial charge in [0.2, 0.25) is 0 Å². The number of carbonyl (C=O) groups excluding carboxylic acids is 1. The maximum atomic E-state index is 13.3. The molecular formula is C10H9ClF2N2O4. The number of hydrogen-bond acceptors (Lipinski definition) is 3. The number of urea groups is 1. The van der Waals surface area contributed by atoms with Gasteiger partial charge in [-0.2, -0.15) is 0 Å². The van der Waals surface area contributed by atoms with Crippen molar-refractivity contribution in [1.29, 1.82) is 0 Å². The molecule has 1 aromatic carbocycles. The molecule has 1 aromatic rings. The summed E-state index contributed by atoms with van der Waals surface area (Å²) in [6.07, 6.45) is 0. The highest BCUT2D eigenvalue weighted by Gasteiger charge is 2.20. The molecule has 9 heteroatoms. The molecule has 0 aliphatic heterocycles. The Bertz CT molecular complexity index is 489. The van der Waals surface area contributed by atoms with Crippen molar-refractivity contribution in [2.75, 3.05) is 11.9 Å². The van der Waals surface area contributed by atoms with Crippen molar-refractivity contribution in [3.8, 4) is 0 Å². The number of aliphatic hydroxyl groups excluding tert-OH is 1. The molecule has 4 N–H and O–H groups in total. The van der Waals surface area contributed by atoms with Gasteiger partial charge in [-0.05, 0) is 6.07 Å². The zero-order valence-corrected chi connectivity index (χ0v) is 10.0. The Morgan fingerprint density at radius 2 is 2.00 bits per heavy atom. The van der Waals surface area contributed by atoms with Crippen LogP contribution in [-0.4, -0.2) is 34.9 Å². The van der Waals surface area contributed by atoms with E-state index in [2.05, 4.69) is 0 Å². The molecule has 1 rings (SSSR count). The predicted octanol–water partition coefficient (Wildman–Crippen LogP) is 1.19.